The number of carbonyl (C=O) groups is 2. The highest BCUT2D eigenvalue weighted by atomic mass is 16.5. The van der Waals surface area contributed by atoms with Crippen molar-refractivity contribution in [3.8, 4) is 0 Å². The van der Waals surface area contributed by atoms with Gasteiger partial charge in [-0.2, -0.15) is 4.98 Å². The van der Waals surface area contributed by atoms with Crippen LogP contribution < -0.4 is 0 Å². The lowest BCUT2D eigenvalue weighted by molar-refractivity contribution is -0.137. The first kappa shape index (κ1) is 16.5. The number of rotatable bonds is 4. The number of aromatic nitrogens is 2. The molecule has 0 spiro atoms. The summed E-state index contributed by atoms with van der Waals surface area (Å²) < 4.78 is 5.32. The lowest BCUT2D eigenvalue weighted by Crippen LogP contribution is -2.43. The second-order valence-electron chi connectivity index (χ2n) is 7.95. The average Bonchev–Trinajstić information content (AvgIpc) is 3.18. The Balaban J connectivity index is 1.40. The molecule has 3 aliphatic rings. The van der Waals surface area contributed by atoms with Gasteiger partial charge in [-0.1, -0.05) is 19.0 Å². The molecule has 7 heteroatoms. The number of nitrogens with zero attached hydrogens (tertiary/aromatic N) is 4. The molecular weight excluding hydrogens is 320 g/mol. The SMILES string of the molecule is CC(C)c1nc([C@H]2CCCN(C(=O)[C@H]3CC(=O)N(C4CC4)C3)C2)no1. The van der Waals surface area contributed by atoms with E-state index in [4.69, 9.17) is 4.52 Å². The number of amides is 2. The van der Waals surface area contributed by atoms with E-state index < -0.39 is 0 Å². The summed E-state index contributed by atoms with van der Waals surface area (Å²) in [6, 6.07) is 0.396. The third-order valence-corrected chi connectivity index (χ3v) is 5.54. The van der Waals surface area contributed by atoms with Gasteiger partial charge in [-0.15, -0.1) is 0 Å². The van der Waals surface area contributed by atoms with Crippen LogP contribution in [0.1, 0.15) is 69.5 Å². The summed E-state index contributed by atoms with van der Waals surface area (Å²) in [5.41, 5.74) is 0. The molecule has 0 N–H and O–H groups in total. The molecule has 3 fully saturated rings. The van der Waals surface area contributed by atoms with Crippen molar-refractivity contribution in [1.29, 1.82) is 0 Å². The van der Waals surface area contributed by atoms with Crippen LogP contribution in [0.4, 0.5) is 0 Å². The molecule has 0 bridgehead atoms. The highest BCUT2D eigenvalue weighted by Crippen LogP contribution is 2.34. The monoisotopic (exact) mass is 346 g/mol. The molecular formula is C18H26N4O3. The number of likely N-dealkylation sites (tertiary alicyclic amines) is 2. The van der Waals surface area contributed by atoms with Gasteiger partial charge in [0, 0.05) is 43.9 Å². The van der Waals surface area contributed by atoms with Crippen LogP contribution in [-0.4, -0.2) is 57.4 Å². The highest BCUT2D eigenvalue weighted by molar-refractivity contribution is 5.89. The number of hydrogen-bond acceptors (Lipinski definition) is 5. The van der Waals surface area contributed by atoms with Crippen LogP contribution in [0.25, 0.3) is 0 Å². The van der Waals surface area contributed by atoms with Gasteiger partial charge in [0.05, 0.1) is 5.92 Å². The van der Waals surface area contributed by atoms with Gasteiger partial charge >= 0.3 is 0 Å². The molecule has 136 valence electrons. The molecule has 7 nitrogen and oxygen atoms in total. The van der Waals surface area contributed by atoms with Gasteiger partial charge in [0.1, 0.15) is 0 Å². The Morgan fingerprint density at radius 1 is 1.24 bits per heavy atom. The molecule has 1 aromatic heterocycles. The van der Waals surface area contributed by atoms with Crippen molar-refractivity contribution < 1.29 is 14.1 Å². The van der Waals surface area contributed by atoms with Crippen LogP contribution >= 0.6 is 0 Å². The normalized spacial score (nSPS) is 27.4. The number of piperidine rings is 1. The van der Waals surface area contributed by atoms with E-state index >= 15 is 0 Å². The molecule has 1 aromatic rings. The second kappa shape index (κ2) is 6.42. The molecule has 2 aliphatic heterocycles. The fourth-order valence-corrected chi connectivity index (χ4v) is 3.93. The zero-order chi connectivity index (χ0) is 17.6. The Hall–Kier alpha value is -1.92. The van der Waals surface area contributed by atoms with Gasteiger partial charge in [-0.05, 0) is 25.7 Å². The summed E-state index contributed by atoms with van der Waals surface area (Å²) in [6.45, 7) is 6.04. The zero-order valence-electron chi connectivity index (χ0n) is 15.0. The molecule has 0 radical (unpaired) electrons. The maximum absolute atomic E-state index is 12.9. The van der Waals surface area contributed by atoms with Crippen molar-refractivity contribution >= 4 is 11.8 Å². The van der Waals surface area contributed by atoms with E-state index in [0.29, 0.717) is 37.3 Å². The summed E-state index contributed by atoms with van der Waals surface area (Å²) in [4.78, 5) is 33.4. The zero-order valence-corrected chi connectivity index (χ0v) is 15.0. The van der Waals surface area contributed by atoms with Crippen molar-refractivity contribution in [2.75, 3.05) is 19.6 Å². The lowest BCUT2D eigenvalue weighted by atomic mass is 9.95. The van der Waals surface area contributed by atoms with Gasteiger partial charge < -0.3 is 14.3 Å². The van der Waals surface area contributed by atoms with Crippen molar-refractivity contribution in [2.45, 2.75) is 63.8 Å². The molecule has 3 heterocycles. The third-order valence-electron chi connectivity index (χ3n) is 5.54. The van der Waals surface area contributed by atoms with Crippen LogP contribution in [0.2, 0.25) is 0 Å². The molecule has 2 amide bonds. The van der Waals surface area contributed by atoms with Crippen LogP contribution in [0.5, 0.6) is 0 Å². The van der Waals surface area contributed by atoms with Gasteiger partial charge in [0.25, 0.3) is 0 Å². The maximum Gasteiger partial charge on any atom is 0.229 e. The molecule has 4 rings (SSSR count). The van der Waals surface area contributed by atoms with E-state index in [1.54, 1.807) is 0 Å². The van der Waals surface area contributed by atoms with E-state index in [9.17, 15) is 9.59 Å². The summed E-state index contributed by atoms with van der Waals surface area (Å²) in [6.07, 6.45) is 4.47. The third kappa shape index (κ3) is 3.28. The van der Waals surface area contributed by atoms with Crippen molar-refractivity contribution in [1.82, 2.24) is 19.9 Å². The molecule has 0 aromatic carbocycles. The first-order valence-electron chi connectivity index (χ1n) is 9.44. The van der Waals surface area contributed by atoms with Gasteiger partial charge in [-0.25, -0.2) is 0 Å². The van der Waals surface area contributed by atoms with E-state index in [0.717, 1.165) is 32.2 Å². The Bertz CT molecular complexity index is 667. The number of carbonyl (C=O) groups excluding carboxylic acids is 2. The average molecular weight is 346 g/mol. The minimum atomic E-state index is -0.177. The summed E-state index contributed by atoms with van der Waals surface area (Å²) >= 11 is 0. The lowest BCUT2D eigenvalue weighted by Gasteiger charge is -2.33. The Labute approximate surface area is 147 Å². The van der Waals surface area contributed by atoms with Crippen LogP contribution in [0, 0.1) is 5.92 Å². The predicted molar refractivity (Wildman–Crippen MR) is 89.8 cm³/mol. The largest absolute Gasteiger partial charge is 0.342 e. The molecule has 2 saturated heterocycles. The Morgan fingerprint density at radius 3 is 2.72 bits per heavy atom. The van der Waals surface area contributed by atoms with Crippen molar-refractivity contribution in [3.63, 3.8) is 0 Å². The van der Waals surface area contributed by atoms with E-state index in [1.165, 1.54) is 0 Å². The molecule has 0 unspecified atom stereocenters. The van der Waals surface area contributed by atoms with Crippen molar-refractivity contribution in [2.24, 2.45) is 5.92 Å². The fraction of sp³-hybridized carbons (Fsp3) is 0.778. The molecule has 2 atom stereocenters. The fourth-order valence-electron chi connectivity index (χ4n) is 3.93. The van der Waals surface area contributed by atoms with Crippen LogP contribution in [0.15, 0.2) is 4.52 Å². The van der Waals surface area contributed by atoms with Crippen LogP contribution in [0.3, 0.4) is 0 Å². The maximum atomic E-state index is 12.9. The molecule has 1 saturated carbocycles. The Morgan fingerprint density at radius 2 is 2.04 bits per heavy atom. The summed E-state index contributed by atoms with van der Waals surface area (Å²) in [7, 11) is 0. The second-order valence-corrected chi connectivity index (χ2v) is 7.95. The smallest absolute Gasteiger partial charge is 0.229 e. The number of hydrogen-bond donors (Lipinski definition) is 0. The first-order chi connectivity index (χ1) is 12.0. The van der Waals surface area contributed by atoms with Gasteiger partial charge in [0.2, 0.25) is 17.7 Å². The topological polar surface area (TPSA) is 79.5 Å². The Kier molecular flexibility index (Phi) is 4.25. The predicted octanol–water partition coefficient (Wildman–Crippen LogP) is 1.91. The summed E-state index contributed by atoms with van der Waals surface area (Å²) in [5.74, 6) is 1.79. The first-order valence-corrected chi connectivity index (χ1v) is 9.44. The highest BCUT2D eigenvalue weighted by Gasteiger charge is 2.43. The van der Waals surface area contributed by atoms with Gasteiger partial charge in [0.15, 0.2) is 5.82 Å². The molecule has 25 heavy (non-hydrogen) atoms. The minimum Gasteiger partial charge on any atom is -0.342 e. The van der Waals surface area contributed by atoms with E-state index in [1.807, 2.05) is 23.6 Å². The quantitative estimate of drug-likeness (QED) is 0.832. The summed E-state index contributed by atoms with van der Waals surface area (Å²) in [5, 5.41) is 4.12. The van der Waals surface area contributed by atoms with Gasteiger partial charge in [-0.3, -0.25) is 9.59 Å². The standard InChI is InChI=1S/C18H26N4O3/c1-11(2)17-19-16(20-25-17)12-4-3-7-21(9-12)18(24)13-8-15(23)22(10-13)14-5-6-14/h11-14H,3-10H2,1-2H3/t12-,13-/m0/s1. The minimum absolute atomic E-state index is 0.119. The van der Waals surface area contributed by atoms with Crippen molar-refractivity contribution in [3.05, 3.63) is 11.7 Å². The molecule has 1 aliphatic carbocycles. The van der Waals surface area contributed by atoms with E-state index in [-0.39, 0.29) is 29.6 Å². The van der Waals surface area contributed by atoms with Crippen LogP contribution in [-0.2, 0) is 9.59 Å². The van der Waals surface area contributed by atoms with E-state index in [2.05, 4.69) is 10.1 Å².